The van der Waals surface area contributed by atoms with Crippen LogP contribution in [0.25, 0.3) is 0 Å². The fourth-order valence-corrected chi connectivity index (χ4v) is 1.36. The predicted octanol–water partition coefficient (Wildman–Crippen LogP) is 2.21. The summed E-state index contributed by atoms with van der Waals surface area (Å²) in [6, 6.07) is 5.23. The maximum Gasteiger partial charge on any atom is 0.335 e. The van der Waals surface area contributed by atoms with Crippen LogP contribution < -0.4 is 5.63 Å². The zero-order valence-corrected chi connectivity index (χ0v) is 8.53. The van der Waals surface area contributed by atoms with Gasteiger partial charge in [0.25, 0.3) is 0 Å². The Morgan fingerprint density at radius 2 is 2.33 bits per heavy atom. The van der Waals surface area contributed by atoms with E-state index in [9.17, 15) is 4.79 Å². The van der Waals surface area contributed by atoms with E-state index >= 15 is 0 Å². The van der Waals surface area contributed by atoms with Gasteiger partial charge in [0.2, 0.25) is 0 Å². The zero-order chi connectivity index (χ0) is 11.1. The molecule has 0 aromatic carbocycles. The summed E-state index contributed by atoms with van der Waals surface area (Å²) < 4.78 is 5.09. The summed E-state index contributed by atoms with van der Waals surface area (Å²) in [5.41, 5.74) is 0.636. The van der Waals surface area contributed by atoms with Crippen molar-refractivity contribution in [1.29, 1.82) is 5.26 Å². The lowest BCUT2D eigenvalue weighted by Gasteiger charge is -2.03. The predicted molar refractivity (Wildman–Crippen MR) is 57.4 cm³/mol. The quantitative estimate of drug-likeness (QED) is 0.544. The van der Waals surface area contributed by atoms with Gasteiger partial charge in [0, 0.05) is 18.9 Å². The highest BCUT2D eigenvalue weighted by Gasteiger charge is 2.04. The van der Waals surface area contributed by atoms with Crippen molar-refractivity contribution in [2.75, 3.05) is 0 Å². The standard InChI is InChI=1S/C12H13NO2/c1-2-5-10-7-8-12(14)15-11(10)6-3-4-9-13/h2,7-8H,1,3-6H2. The van der Waals surface area contributed by atoms with Crippen molar-refractivity contribution in [1.82, 2.24) is 0 Å². The van der Waals surface area contributed by atoms with Gasteiger partial charge in [-0.1, -0.05) is 6.08 Å². The summed E-state index contributed by atoms with van der Waals surface area (Å²) >= 11 is 0. The summed E-state index contributed by atoms with van der Waals surface area (Å²) in [7, 11) is 0. The molecule has 0 bridgehead atoms. The molecule has 1 rings (SSSR count). The fourth-order valence-electron chi connectivity index (χ4n) is 1.36. The number of nitriles is 1. The van der Waals surface area contributed by atoms with Crippen LogP contribution in [0.3, 0.4) is 0 Å². The molecule has 0 atom stereocenters. The Bertz CT molecular complexity index is 426. The van der Waals surface area contributed by atoms with Gasteiger partial charge < -0.3 is 4.42 Å². The molecule has 1 heterocycles. The first-order valence-electron chi connectivity index (χ1n) is 4.87. The Hall–Kier alpha value is -1.82. The van der Waals surface area contributed by atoms with Crippen molar-refractivity contribution in [2.24, 2.45) is 0 Å². The van der Waals surface area contributed by atoms with Crippen LogP contribution in [0.15, 0.2) is 34.0 Å². The minimum Gasteiger partial charge on any atom is -0.428 e. The third-order valence-electron chi connectivity index (χ3n) is 2.06. The van der Waals surface area contributed by atoms with Crippen molar-refractivity contribution in [3.05, 3.63) is 46.5 Å². The number of nitrogens with zero attached hydrogens (tertiary/aromatic N) is 1. The molecule has 15 heavy (non-hydrogen) atoms. The molecule has 0 N–H and O–H groups in total. The van der Waals surface area contributed by atoms with Crippen LogP contribution in [0, 0.1) is 11.3 Å². The van der Waals surface area contributed by atoms with Gasteiger partial charge in [-0.2, -0.15) is 5.26 Å². The molecule has 1 aromatic rings. The number of hydrogen-bond acceptors (Lipinski definition) is 3. The van der Waals surface area contributed by atoms with E-state index in [4.69, 9.17) is 9.68 Å². The Balaban J connectivity index is 2.82. The average molecular weight is 203 g/mol. The number of aryl methyl sites for hydroxylation is 1. The molecule has 0 aliphatic carbocycles. The fraction of sp³-hybridized carbons (Fsp3) is 0.333. The van der Waals surface area contributed by atoms with E-state index in [0.717, 1.165) is 5.56 Å². The number of allylic oxidation sites excluding steroid dienone is 1. The van der Waals surface area contributed by atoms with Crippen molar-refractivity contribution in [2.45, 2.75) is 25.7 Å². The SMILES string of the molecule is C=CCc1ccc(=O)oc1CCCC#N. The highest BCUT2D eigenvalue weighted by Crippen LogP contribution is 2.10. The minimum atomic E-state index is -0.338. The van der Waals surface area contributed by atoms with Crippen LogP contribution in [0.2, 0.25) is 0 Å². The average Bonchev–Trinajstić information content (AvgIpc) is 2.22. The van der Waals surface area contributed by atoms with Crippen LogP contribution in [0.5, 0.6) is 0 Å². The van der Waals surface area contributed by atoms with Crippen molar-refractivity contribution in [3.63, 3.8) is 0 Å². The Kier molecular flexibility index (Phi) is 4.36. The largest absolute Gasteiger partial charge is 0.428 e. The molecule has 0 spiro atoms. The molecular formula is C12H13NO2. The molecule has 0 radical (unpaired) electrons. The van der Waals surface area contributed by atoms with E-state index in [0.29, 0.717) is 31.4 Å². The molecule has 0 saturated heterocycles. The molecule has 0 fully saturated rings. The lowest BCUT2D eigenvalue weighted by atomic mass is 10.1. The highest BCUT2D eigenvalue weighted by molar-refractivity contribution is 5.19. The Morgan fingerprint density at radius 1 is 1.53 bits per heavy atom. The maximum atomic E-state index is 11.0. The summed E-state index contributed by atoms with van der Waals surface area (Å²) in [6.07, 6.45) is 4.28. The van der Waals surface area contributed by atoms with E-state index in [-0.39, 0.29) is 5.63 Å². The highest BCUT2D eigenvalue weighted by atomic mass is 16.4. The van der Waals surface area contributed by atoms with E-state index in [2.05, 4.69) is 12.6 Å². The topological polar surface area (TPSA) is 54.0 Å². The van der Waals surface area contributed by atoms with Crippen LogP contribution in [-0.2, 0) is 12.8 Å². The van der Waals surface area contributed by atoms with E-state index in [1.54, 1.807) is 12.1 Å². The van der Waals surface area contributed by atoms with Gasteiger partial charge in [-0.25, -0.2) is 4.79 Å². The molecule has 0 aliphatic heterocycles. The van der Waals surface area contributed by atoms with Crippen LogP contribution in [-0.4, -0.2) is 0 Å². The first kappa shape index (κ1) is 11.3. The van der Waals surface area contributed by atoms with Gasteiger partial charge >= 0.3 is 5.63 Å². The zero-order valence-electron chi connectivity index (χ0n) is 8.53. The van der Waals surface area contributed by atoms with Crippen LogP contribution >= 0.6 is 0 Å². The van der Waals surface area contributed by atoms with Gasteiger partial charge in [-0.3, -0.25) is 0 Å². The molecule has 3 heteroatoms. The number of unbranched alkanes of at least 4 members (excludes halogenated alkanes) is 1. The van der Waals surface area contributed by atoms with Crippen molar-refractivity contribution < 1.29 is 4.42 Å². The second-order valence-electron chi connectivity index (χ2n) is 3.21. The minimum absolute atomic E-state index is 0.338. The van der Waals surface area contributed by atoms with Gasteiger partial charge in [0.15, 0.2) is 0 Å². The first-order valence-corrected chi connectivity index (χ1v) is 4.87. The summed E-state index contributed by atoms with van der Waals surface area (Å²) in [5, 5.41) is 8.41. The van der Waals surface area contributed by atoms with Crippen LogP contribution in [0.1, 0.15) is 24.2 Å². The molecule has 3 nitrogen and oxygen atoms in total. The molecular weight excluding hydrogens is 190 g/mol. The van der Waals surface area contributed by atoms with Gasteiger partial charge in [-0.15, -0.1) is 6.58 Å². The first-order chi connectivity index (χ1) is 7.27. The lowest BCUT2D eigenvalue weighted by Crippen LogP contribution is -2.03. The molecule has 78 valence electrons. The van der Waals surface area contributed by atoms with Crippen molar-refractivity contribution in [3.8, 4) is 6.07 Å². The van der Waals surface area contributed by atoms with Crippen LogP contribution in [0.4, 0.5) is 0 Å². The molecule has 0 unspecified atom stereocenters. The third-order valence-corrected chi connectivity index (χ3v) is 2.06. The van der Waals surface area contributed by atoms with Gasteiger partial charge in [-0.05, 0) is 24.5 Å². The summed E-state index contributed by atoms with van der Waals surface area (Å²) in [6.45, 7) is 3.64. The smallest absolute Gasteiger partial charge is 0.335 e. The third kappa shape index (κ3) is 3.43. The van der Waals surface area contributed by atoms with E-state index < -0.39 is 0 Å². The molecule has 0 amide bonds. The molecule has 0 saturated carbocycles. The van der Waals surface area contributed by atoms with E-state index in [1.165, 1.54) is 6.07 Å². The maximum absolute atomic E-state index is 11.0. The Labute approximate surface area is 88.7 Å². The molecule has 1 aromatic heterocycles. The number of rotatable bonds is 5. The number of hydrogen-bond donors (Lipinski definition) is 0. The lowest BCUT2D eigenvalue weighted by molar-refractivity contribution is 0.448. The Morgan fingerprint density at radius 3 is 3.00 bits per heavy atom. The van der Waals surface area contributed by atoms with Crippen molar-refractivity contribution >= 4 is 0 Å². The monoisotopic (exact) mass is 203 g/mol. The normalized spacial score (nSPS) is 9.53. The summed E-state index contributed by atoms with van der Waals surface area (Å²) in [5.74, 6) is 0.678. The second-order valence-corrected chi connectivity index (χ2v) is 3.21. The summed E-state index contributed by atoms with van der Waals surface area (Å²) in [4.78, 5) is 11.0. The second kappa shape index (κ2) is 5.82. The van der Waals surface area contributed by atoms with E-state index in [1.807, 2.05) is 0 Å². The molecule has 0 aliphatic rings. The van der Waals surface area contributed by atoms with Gasteiger partial charge in [0.1, 0.15) is 5.76 Å². The van der Waals surface area contributed by atoms with Gasteiger partial charge in [0.05, 0.1) is 6.07 Å².